The maximum absolute atomic E-state index is 3.64. The molecule has 0 amide bonds. The zero-order valence-electron chi connectivity index (χ0n) is 12.2. The van der Waals surface area contributed by atoms with Crippen LogP contribution in [0.4, 0.5) is 0 Å². The summed E-state index contributed by atoms with van der Waals surface area (Å²) < 4.78 is 0. The van der Waals surface area contributed by atoms with E-state index in [1.807, 2.05) is 0 Å². The van der Waals surface area contributed by atoms with Crippen LogP contribution >= 0.6 is 0 Å². The second kappa shape index (κ2) is 7.99. The van der Waals surface area contributed by atoms with Crippen molar-refractivity contribution in [1.82, 2.24) is 5.32 Å². The Bertz CT molecular complexity index is 244. The molecule has 1 heteroatoms. The molecule has 1 N–H and O–H groups in total. The zero-order valence-corrected chi connectivity index (χ0v) is 12.2. The first-order valence-corrected chi connectivity index (χ1v) is 8.31. The molecule has 2 fully saturated rings. The summed E-state index contributed by atoms with van der Waals surface area (Å²) in [7, 11) is 0. The van der Waals surface area contributed by atoms with Gasteiger partial charge in [0.15, 0.2) is 0 Å². The van der Waals surface area contributed by atoms with Gasteiger partial charge in [0.05, 0.1) is 0 Å². The fraction of sp³-hybridized carbons (Fsp3) is 0.882. The molecule has 0 unspecified atom stereocenters. The number of rotatable bonds is 6. The fourth-order valence-electron chi connectivity index (χ4n) is 3.65. The topological polar surface area (TPSA) is 12.0 Å². The molecule has 2 saturated carbocycles. The van der Waals surface area contributed by atoms with Crippen LogP contribution in [0.5, 0.6) is 0 Å². The van der Waals surface area contributed by atoms with E-state index in [1.54, 1.807) is 5.57 Å². The summed E-state index contributed by atoms with van der Waals surface area (Å²) in [5, 5.41) is 3.64. The van der Waals surface area contributed by atoms with Crippen molar-refractivity contribution < 1.29 is 0 Å². The van der Waals surface area contributed by atoms with Gasteiger partial charge in [-0.05, 0) is 50.5 Å². The van der Waals surface area contributed by atoms with Gasteiger partial charge in [0.2, 0.25) is 0 Å². The van der Waals surface area contributed by atoms with Crippen LogP contribution < -0.4 is 5.32 Å². The van der Waals surface area contributed by atoms with E-state index >= 15 is 0 Å². The lowest BCUT2D eigenvalue weighted by molar-refractivity contribution is 0.392. The van der Waals surface area contributed by atoms with Crippen LogP contribution in [0, 0.1) is 11.8 Å². The van der Waals surface area contributed by atoms with Crippen LogP contribution in [0.3, 0.4) is 0 Å². The molecule has 0 bridgehead atoms. The predicted octanol–water partition coefficient (Wildman–Crippen LogP) is 4.68. The maximum Gasteiger partial charge on any atom is 0.0167 e. The van der Waals surface area contributed by atoms with Gasteiger partial charge >= 0.3 is 0 Å². The highest BCUT2D eigenvalue weighted by atomic mass is 14.8. The average molecular weight is 249 g/mol. The standard InChI is InChI=1S/C17H31N/c1-2-12-18-14-17(13-15-8-6-7-9-15)16-10-4-3-5-11-16/h13,15-16,18H,2-12,14H2,1H3. The number of nitrogens with one attached hydrogen (secondary N) is 1. The predicted molar refractivity (Wildman–Crippen MR) is 79.8 cm³/mol. The first-order chi connectivity index (χ1) is 8.90. The van der Waals surface area contributed by atoms with Gasteiger partial charge in [-0.25, -0.2) is 0 Å². The number of hydrogen-bond acceptors (Lipinski definition) is 1. The summed E-state index contributed by atoms with van der Waals surface area (Å²) in [6.07, 6.45) is 17.0. The normalized spacial score (nSPS) is 23.7. The first kappa shape index (κ1) is 14.1. The highest BCUT2D eigenvalue weighted by Crippen LogP contribution is 2.33. The van der Waals surface area contributed by atoms with E-state index in [0.717, 1.165) is 18.4 Å². The zero-order chi connectivity index (χ0) is 12.6. The molecule has 104 valence electrons. The molecule has 0 aliphatic heterocycles. The van der Waals surface area contributed by atoms with Crippen LogP contribution in [0.25, 0.3) is 0 Å². The first-order valence-electron chi connectivity index (χ1n) is 8.31. The van der Waals surface area contributed by atoms with Crippen molar-refractivity contribution in [2.45, 2.75) is 71.1 Å². The van der Waals surface area contributed by atoms with Gasteiger partial charge in [0.1, 0.15) is 0 Å². The lowest BCUT2D eigenvalue weighted by Crippen LogP contribution is -2.23. The van der Waals surface area contributed by atoms with Gasteiger partial charge in [-0.15, -0.1) is 0 Å². The molecule has 0 atom stereocenters. The van der Waals surface area contributed by atoms with Gasteiger partial charge in [-0.1, -0.05) is 50.7 Å². The van der Waals surface area contributed by atoms with Gasteiger partial charge in [-0.3, -0.25) is 0 Å². The van der Waals surface area contributed by atoms with E-state index in [1.165, 1.54) is 70.8 Å². The Hall–Kier alpha value is -0.300. The Morgan fingerprint density at radius 3 is 2.33 bits per heavy atom. The molecule has 0 saturated heterocycles. The maximum atomic E-state index is 3.64. The smallest absolute Gasteiger partial charge is 0.0167 e. The minimum absolute atomic E-state index is 0.906. The van der Waals surface area contributed by atoms with E-state index in [4.69, 9.17) is 0 Å². The van der Waals surface area contributed by atoms with Gasteiger partial charge in [-0.2, -0.15) is 0 Å². The lowest BCUT2D eigenvalue weighted by atomic mass is 9.82. The molecule has 0 spiro atoms. The second-order valence-corrected chi connectivity index (χ2v) is 6.30. The number of allylic oxidation sites excluding steroid dienone is 1. The van der Waals surface area contributed by atoms with E-state index in [0.29, 0.717) is 0 Å². The molecule has 0 aromatic heterocycles. The summed E-state index contributed by atoms with van der Waals surface area (Å²) in [6.45, 7) is 4.59. The van der Waals surface area contributed by atoms with E-state index < -0.39 is 0 Å². The molecule has 18 heavy (non-hydrogen) atoms. The molecule has 2 rings (SSSR count). The minimum atomic E-state index is 0.906. The Morgan fingerprint density at radius 1 is 1.00 bits per heavy atom. The monoisotopic (exact) mass is 249 g/mol. The van der Waals surface area contributed by atoms with Crippen molar-refractivity contribution in [3.8, 4) is 0 Å². The third kappa shape index (κ3) is 4.42. The van der Waals surface area contributed by atoms with Crippen LogP contribution in [-0.2, 0) is 0 Å². The van der Waals surface area contributed by atoms with Crippen molar-refractivity contribution in [2.75, 3.05) is 13.1 Å². The largest absolute Gasteiger partial charge is 0.313 e. The Labute approximate surface area is 113 Å². The van der Waals surface area contributed by atoms with Gasteiger partial charge < -0.3 is 5.32 Å². The van der Waals surface area contributed by atoms with Crippen LogP contribution in [0.15, 0.2) is 11.6 Å². The Morgan fingerprint density at radius 2 is 1.67 bits per heavy atom. The van der Waals surface area contributed by atoms with Crippen molar-refractivity contribution in [3.63, 3.8) is 0 Å². The molecular formula is C17H31N. The van der Waals surface area contributed by atoms with E-state index in [9.17, 15) is 0 Å². The van der Waals surface area contributed by atoms with Crippen molar-refractivity contribution in [2.24, 2.45) is 11.8 Å². The molecular weight excluding hydrogens is 218 g/mol. The van der Waals surface area contributed by atoms with Crippen molar-refractivity contribution in [1.29, 1.82) is 0 Å². The molecule has 1 nitrogen and oxygen atoms in total. The summed E-state index contributed by atoms with van der Waals surface area (Å²) in [6, 6.07) is 0. The second-order valence-electron chi connectivity index (χ2n) is 6.30. The molecule has 2 aliphatic rings. The third-order valence-corrected chi connectivity index (χ3v) is 4.74. The highest BCUT2D eigenvalue weighted by molar-refractivity contribution is 5.12. The molecule has 0 aromatic rings. The van der Waals surface area contributed by atoms with Crippen molar-refractivity contribution in [3.05, 3.63) is 11.6 Å². The van der Waals surface area contributed by atoms with E-state index in [2.05, 4.69) is 18.3 Å². The van der Waals surface area contributed by atoms with Gasteiger partial charge in [0, 0.05) is 6.54 Å². The van der Waals surface area contributed by atoms with Crippen molar-refractivity contribution >= 4 is 0 Å². The van der Waals surface area contributed by atoms with E-state index in [-0.39, 0.29) is 0 Å². The van der Waals surface area contributed by atoms with Gasteiger partial charge in [0.25, 0.3) is 0 Å². The lowest BCUT2D eigenvalue weighted by Gasteiger charge is -2.26. The quantitative estimate of drug-likeness (QED) is 0.532. The third-order valence-electron chi connectivity index (χ3n) is 4.74. The van der Waals surface area contributed by atoms with Crippen LogP contribution in [0.2, 0.25) is 0 Å². The van der Waals surface area contributed by atoms with Crippen LogP contribution in [0.1, 0.15) is 71.1 Å². The molecule has 2 aliphatic carbocycles. The summed E-state index contributed by atoms with van der Waals surface area (Å²) in [5.41, 5.74) is 1.76. The number of hydrogen-bond donors (Lipinski definition) is 1. The SMILES string of the molecule is CCCNCC(=CC1CCCC1)C1CCCCC1. The average Bonchev–Trinajstić information content (AvgIpc) is 2.92. The van der Waals surface area contributed by atoms with Crippen LogP contribution in [-0.4, -0.2) is 13.1 Å². The summed E-state index contributed by atoms with van der Waals surface area (Å²) in [5.74, 6) is 1.81. The molecule has 0 aromatic carbocycles. The summed E-state index contributed by atoms with van der Waals surface area (Å²) >= 11 is 0. The minimum Gasteiger partial charge on any atom is -0.313 e. The summed E-state index contributed by atoms with van der Waals surface area (Å²) in [4.78, 5) is 0. The fourth-order valence-corrected chi connectivity index (χ4v) is 3.65. The molecule has 0 radical (unpaired) electrons. The highest BCUT2D eigenvalue weighted by Gasteiger charge is 2.20. The Balaban J connectivity index is 1.91. The Kier molecular flexibility index (Phi) is 6.26. The molecule has 0 heterocycles.